The van der Waals surface area contributed by atoms with Gasteiger partial charge in [0, 0.05) is 6.42 Å². The molecule has 0 amide bonds. The van der Waals surface area contributed by atoms with Crippen LogP contribution in [0.3, 0.4) is 0 Å². The number of hydrogen-bond donors (Lipinski definition) is 0. The molecule has 5 heteroatoms. The summed E-state index contributed by atoms with van der Waals surface area (Å²) < 4.78 is 21.5. The standard InChI is InChI=1S/C6H8N2O2S/c7-3-1-2-5-11(9,10)6-4-8/h1-2,5-6H2. The zero-order chi connectivity index (χ0) is 8.74. The van der Waals surface area contributed by atoms with E-state index in [-0.39, 0.29) is 12.2 Å². The van der Waals surface area contributed by atoms with Crippen molar-refractivity contribution in [3.63, 3.8) is 0 Å². The Morgan fingerprint density at radius 3 is 2.27 bits per heavy atom. The highest BCUT2D eigenvalue weighted by Crippen LogP contribution is 1.95. The van der Waals surface area contributed by atoms with Crippen molar-refractivity contribution in [2.24, 2.45) is 0 Å². The van der Waals surface area contributed by atoms with Gasteiger partial charge in [-0.2, -0.15) is 10.5 Å². The Bertz CT molecular complexity index is 281. The Kier molecular flexibility index (Phi) is 4.24. The fourth-order valence-electron chi connectivity index (χ4n) is 0.542. The summed E-state index contributed by atoms with van der Waals surface area (Å²) in [5.41, 5.74) is 0. The SMILES string of the molecule is N#CCCCS(=O)(=O)CC#N. The van der Waals surface area contributed by atoms with Crippen molar-refractivity contribution in [1.29, 1.82) is 10.5 Å². The molecule has 0 aliphatic carbocycles. The third-order valence-corrected chi connectivity index (χ3v) is 2.51. The van der Waals surface area contributed by atoms with E-state index in [1.165, 1.54) is 0 Å². The van der Waals surface area contributed by atoms with Crippen LogP contribution in [0.1, 0.15) is 12.8 Å². The number of sulfone groups is 1. The molecule has 0 aromatic carbocycles. The van der Waals surface area contributed by atoms with Gasteiger partial charge in [0.1, 0.15) is 5.75 Å². The Hall–Kier alpha value is -1.07. The van der Waals surface area contributed by atoms with Crippen LogP contribution in [0.5, 0.6) is 0 Å². The lowest BCUT2D eigenvalue weighted by atomic mass is 10.4. The summed E-state index contributed by atoms with van der Waals surface area (Å²) in [4.78, 5) is 0. The van der Waals surface area contributed by atoms with E-state index in [1.54, 1.807) is 6.07 Å². The molecule has 60 valence electrons. The van der Waals surface area contributed by atoms with Gasteiger partial charge in [0.25, 0.3) is 0 Å². The van der Waals surface area contributed by atoms with Crippen LogP contribution in [0.25, 0.3) is 0 Å². The first kappa shape index (κ1) is 9.93. The first-order valence-electron chi connectivity index (χ1n) is 3.07. The summed E-state index contributed by atoms with van der Waals surface area (Å²) in [5.74, 6) is -0.507. The van der Waals surface area contributed by atoms with E-state index in [9.17, 15) is 8.42 Å². The molecule has 0 N–H and O–H groups in total. The molecule has 0 aromatic heterocycles. The van der Waals surface area contributed by atoms with Gasteiger partial charge in [-0.1, -0.05) is 0 Å². The largest absolute Gasteiger partial charge is 0.228 e. The number of hydrogen-bond acceptors (Lipinski definition) is 4. The smallest absolute Gasteiger partial charge is 0.163 e. The minimum atomic E-state index is -3.22. The number of nitrogens with zero attached hydrogens (tertiary/aromatic N) is 2. The lowest BCUT2D eigenvalue weighted by Crippen LogP contribution is -2.09. The molecule has 0 aliphatic heterocycles. The van der Waals surface area contributed by atoms with Crippen LogP contribution in [0.15, 0.2) is 0 Å². The van der Waals surface area contributed by atoms with Gasteiger partial charge < -0.3 is 0 Å². The molecule has 0 fully saturated rings. The molecule has 0 aliphatic rings. The summed E-state index contributed by atoms with van der Waals surface area (Å²) in [6.07, 6.45) is 0.547. The average molecular weight is 172 g/mol. The van der Waals surface area contributed by atoms with E-state index < -0.39 is 15.6 Å². The van der Waals surface area contributed by atoms with Crippen molar-refractivity contribution in [1.82, 2.24) is 0 Å². The molecule has 0 saturated heterocycles. The van der Waals surface area contributed by atoms with Crippen molar-refractivity contribution < 1.29 is 8.42 Å². The van der Waals surface area contributed by atoms with Crippen LogP contribution in [0, 0.1) is 22.7 Å². The second kappa shape index (κ2) is 4.70. The molecular weight excluding hydrogens is 164 g/mol. The highest BCUT2D eigenvalue weighted by atomic mass is 32.2. The molecule has 0 radical (unpaired) electrons. The van der Waals surface area contributed by atoms with Gasteiger partial charge in [-0.25, -0.2) is 8.42 Å². The maximum atomic E-state index is 10.8. The zero-order valence-electron chi connectivity index (χ0n) is 5.95. The van der Waals surface area contributed by atoms with Crippen LogP contribution in [-0.2, 0) is 9.84 Å². The Morgan fingerprint density at radius 1 is 1.18 bits per heavy atom. The zero-order valence-corrected chi connectivity index (χ0v) is 6.76. The molecule has 0 heterocycles. The highest BCUT2D eigenvalue weighted by Gasteiger charge is 2.08. The number of rotatable bonds is 4. The molecule has 0 bridgehead atoms. The molecule has 0 spiro atoms. The van der Waals surface area contributed by atoms with Gasteiger partial charge in [-0.3, -0.25) is 0 Å². The molecule has 0 aromatic rings. The summed E-state index contributed by atoms with van der Waals surface area (Å²) >= 11 is 0. The Balaban J connectivity index is 3.79. The van der Waals surface area contributed by atoms with Gasteiger partial charge in [0.05, 0.1) is 17.9 Å². The highest BCUT2D eigenvalue weighted by molar-refractivity contribution is 7.91. The van der Waals surface area contributed by atoms with Crippen LogP contribution in [-0.4, -0.2) is 19.9 Å². The van der Waals surface area contributed by atoms with Crippen molar-refractivity contribution in [2.45, 2.75) is 12.8 Å². The predicted octanol–water partition coefficient (Wildman–Crippen LogP) is 0.229. The molecule has 0 saturated carbocycles. The van der Waals surface area contributed by atoms with E-state index in [0.29, 0.717) is 6.42 Å². The quantitative estimate of drug-likeness (QED) is 0.568. The molecular formula is C6H8N2O2S. The topological polar surface area (TPSA) is 81.7 Å². The molecule has 4 nitrogen and oxygen atoms in total. The van der Waals surface area contributed by atoms with Gasteiger partial charge in [-0.15, -0.1) is 0 Å². The second-order valence-corrected chi connectivity index (χ2v) is 4.20. The Labute approximate surface area is 66.0 Å². The van der Waals surface area contributed by atoms with Crippen molar-refractivity contribution >= 4 is 9.84 Å². The second-order valence-electron chi connectivity index (χ2n) is 2.01. The normalized spacial score (nSPS) is 10.0. The minimum absolute atomic E-state index is 0.0614. The number of unbranched alkanes of at least 4 members (excludes halogenated alkanes) is 1. The fraction of sp³-hybridized carbons (Fsp3) is 0.667. The first-order valence-corrected chi connectivity index (χ1v) is 4.89. The maximum Gasteiger partial charge on any atom is 0.163 e. The first-order chi connectivity index (χ1) is 5.12. The van der Waals surface area contributed by atoms with Gasteiger partial charge in [0.2, 0.25) is 0 Å². The number of nitriles is 2. The summed E-state index contributed by atoms with van der Waals surface area (Å²) in [6.45, 7) is 0. The van der Waals surface area contributed by atoms with Crippen LogP contribution in [0.2, 0.25) is 0 Å². The van der Waals surface area contributed by atoms with E-state index in [0.717, 1.165) is 0 Å². The Morgan fingerprint density at radius 2 is 1.82 bits per heavy atom. The lowest BCUT2D eigenvalue weighted by Gasteiger charge is -1.94. The van der Waals surface area contributed by atoms with Gasteiger partial charge >= 0.3 is 0 Å². The monoisotopic (exact) mass is 172 g/mol. The predicted molar refractivity (Wildman–Crippen MR) is 39.1 cm³/mol. The summed E-state index contributed by atoms with van der Waals surface area (Å²) in [5, 5.41) is 16.1. The lowest BCUT2D eigenvalue weighted by molar-refractivity contribution is 0.597. The molecule has 0 unspecified atom stereocenters. The summed E-state index contributed by atoms with van der Waals surface area (Å²) in [7, 11) is -3.22. The van der Waals surface area contributed by atoms with Crippen molar-refractivity contribution in [3.05, 3.63) is 0 Å². The van der Waals surface area contributed by atoms with E-state index in [2.05, 4.69) is 0 Å². The third-order valence-electron chi connectivity index (χ3n) is 1.03. The minimum Gasteiger partial charge on any atom is -0.228 e. The van der Waals surface area contributed by atoms with Gasteiger partial charge in [-0.05, 0) is 6.42 Å². The van der Waals surface area contributed by atoms with E-state index in [1.807, 2.05) is 6.07 Å². The third kappa shape index (κ3) is 5.38. The van der Waals surface area contributed by atoms with Crippen LogP contribution >= 0.6 is 0 Å². The molecule has 0 rings (SSSR count). The van der Waals surface area contributed by atoms with Crippen LogP contribution in [0.4, 0.5) is 0 Å². The van der Waals surface area contributed by atoms with E-state index >= 15 is 0 Å². The van der Waals surface area contributed by atoms with Crippen molar-refractivity contribution in [3.8, 4) is 12.1 Å². The average Bonchev–Trinajstić information content (AvgIpc) is 1.87. The summed E-state index contributed by atoms with van der Waals surface area (Å²) in [6, 6.07) is 3.40. The van der Waals surface area contributed by atoms with E-state index in [4.69, 9.17) is 10.5 Å². The van der Waals surface area contributed by atoms with Gasteiger partial charge in [0.15, 0.2) is 9.84 Å². The fourth-order valence-corrected chi connectivity index (χ4v) is 1.47. The van der Waals surface area contributed by atoms with Crippen LogP contribution < -0.4 is 0 Å². The molecule has 11 heavy (non-hydrogen) atoms. The van der Waals surface area contributed by atoms with Crippen molar-refractivity contribution in [2.75, 3.05) is 11.5 Å². The molecule has 0 atom stereocenters. The maximum absolute atomic E-state index is 10.8.